The van der Waals surface area contributed by atoms with Crippen LogP contribution in [0.1, 0.15) is 23.7 Å². The van der Waals surface area contributed by atoms with E-state index < -0.39 is 41.4 Å². The highest BCUT2D eigenvalue weighted by Gasteiger charge is 2.39. The van der Waals surface area contributed by atoms with Gasteiger partial charge >= 0.3 is 6.18 Å². The minimum absolute atomic E-state index is 0.0246. The van der Waals surface area contributed by atoms with Gasteiger partial charge in [-0.2, -0.15) is 13.2 Å². The molecule has 0 aliphatic rings. The van der Waals surface area contributed by atoms with E-state index >= 15 is 0 Å². The fraction of sp³-hybridized carbons (Fsp3) is 0.211. The number of nitrogens with one attached hydrogen (secondary N) is 1. The van der Waals surface area contributed by atoms with Crippen LogP contribution < -0.4 is 10.7 Å². The van der Waals surface area contributed by atoms with Crippen LogP contribution in [0.5, 0.6) is 0 Å². The van der Waals surface area contributed by atoms with Crippen molar-refractivity contribution < 1.29 is 22.4 Å². The molecule has 158 valence electrons. The molecule has 3 rings (SSSR count). The number of para-hydroxylation sites is 1. The summed E-state index contributed by atoms with van der Waals surface area (Å²) in [6.07, 6.45) is -4.24. The molecule has 0 bridgehead atoms. The Morgan fingerprint density at radius 2 is 1.93 bits per heavy atom. The van der Waals surface area contributed by atoms with Crippen LogP contribution >= 0.6 is 23.2 Å². The lowest BCUT2D eigenvalue weighted by Crippen LogP contribution is -2.46. The number of benzene rings is 1. The van der Waals surface area contributed by atoms with E-state index in [0.717, 1.165) is 16.8 Å². The number of hydrogen-bond donors (Lipinski definition) is 1. The molecule has 0 radical (unpaired) electrons. The van der Waals surface area contributed by atoms with E-state index in [2.05, 4.69) is 4.98 Å². The van der Waals surface area contributed by atoms with Crippen LogP contribution in [-0.2, 0) is 0 Å². The molecule has 5 nitrogen and oxygen atoms in total. The molecule has 2 heterocycles. The maximum absolute atomic E-state index is 14.5. The van der Waals surface area contributed by atoms with E-state index in [1.807, 2.05) is 0 Å². The maximum Gasteiger partial charge on any atom is 0.408 e. The first-order chi connectivity index (χ1) is 14.0. The Balaban J connectivity index is 2.28. The smallest absolute Gasteiger partial charge is 0.340 e. The second-order valence-corrected chi connectivity index (χ2v) is 7.09. The molecule has 1 atom stereocenters. The predicted octanol–water partition coefficient (Wildman–Crippen LogP) is 4.90. The Labute approximate surface area is 177 Å². The third-order valence-corrected chi connectivity index (χ3v) is 4.86. The molecule has 30 heavy (non-hydrogen) atoms. The highest BCUT2D eigenvalue weighted by atomic mass is 35.5. The Kier molecular flexibility index (Phi) is 6.05. The largest absolute Gasteiger partial charge is 0.408 e. The van der Waals surface area contributed by atoms with Gasteiger partial charge in [-0.15, -0.1) is 0 Å². The van der Waals surface area contributed by atoms with E-state index in [9.17, 15) is 27.2 Å². The van der Waals surface area contributed by atoms with Crippen molar-refractivity contribution >= 4 is 40.1 Å². The molecule has 0 spiro atoms. The fourth-order valence-electron chi connectivity index (χ4n) is 2.88. The summed E-state index contributed by atoms with van der Waals surface area (Å²) >= 11 is 12.0. The summed E-state index contributed by atoms with van der Waals surface area (Å²) in [5.41, 5.74) is -1.86. The first-order valence-corrected chi connectivity index (χ1v) is 9.34. The van der Waals surface area contributed by atoms with Gasteiger partial charge in [0, 0.05) is 6.20 Å². The number of nitrogens with zero attached hydrogens (tertiary/aromatic N) is 2. The number of carbonyl (C=O) groups excluding carboxylic acids is 1. The molecule has 1 aromatic carbocycles. The topological polar surface area (TPSA) is 64.0 Å². The predicted molar refractivity (Wildman–Crippen MR) is 105 cm³/mol. The lowest BCUT2D eigenvalue weighted by Gasteiger charge is -2.20. The number of alkyl halides is 3. The lowest BCUT2D eigenvalue weighted by atomic mass is 10.1. The van der Waals surface area contributed by atoms with E-state index in [-0.39, 0.29) is 26.9 Å². The van der Waals surface area contributed by atoms with Crippen LogP contribution in [0.15, 0.2) is 41.3 Å². The van der Waals surface area contributed by atoms with Crippen LogP contribution in [0.3, 0.4) is 0 Å². The van der Waals surface area contributed by atoms with Gasteiger partial charge < -0.3 is 5.32 Å². The highest BCUT2D eigenvalue weighted by molar-refractivity contribution is 6.32. The minimum atomic E-state index is -4.70. The molecule has 0 saturated carbocycles. The quantitative estimate of drug-likeness (QED) is 0.443. The normalized spacial score (nSPS) is 12.8. The first kappa shape index (κ1) is 22.0. The van der Waals surface area contributed by atoms with Crippen molar-refractivity contribution in [3.63, 3.8) is 0 Å². The van der Waals surface area contributed by atoms with Crippen molar-refractivity contribution in [1.29, 1.82) is 0 Å². The van der Waals surface area contributed by atoms with Gasteiger partial charge in [-0.05, 0) is 30.7 Å². The summed E-state index contributed by atoms with van der Waals surface area (Å²) in [7, 11) is 0. The standard InChI is InChI=1S/C19H13Cl2F4N3O2/c1-2-13(19(23,24)25)26-18(30)10-8-28(15-11(20)4-3-5-12(15)22)17-9(16(10)29)6-7-14(21)27-17/h3-8,13H,2H2,1H3,(H,26,30). The molecule has 11 heteroatoms. The van der Waals surface area contributed by atoms with Crippen molar-refractivity contribution in [1.82, 2.24) is 14.9 Å². The van der Waals surface area contributed by atoms with Gasteiger partial charge in [0.1, 0.15) is 33.9 Å². The second kappa shape index (κ2) is 8.23. The number of fused-ring (bicyclic) bond motifs is 1. The number of hydrogen-bond acceptors (Lipinski definition) is 3. The van der Waals surface area contributed by atoms with E-state index in [0.29, 0.717) is 0 Å². The molecular weight excluding hydrogens is 449 g/mol. The van der Waals surface area contributed by atoms with Crippen LogP contribution in [0.2, 0.25) is 10.2 Å². The van der Waals surface area contributed by atoms with Gasteiger partial charge in [-0.3, -0.25) is 14.2 Å². The van der Waals surface area contributed by atoms with Crippen molar-refractivity contribution in [2.75, 3.05) is 0 Å². The van der Waals surface area contributed by atoms with Crippen molar-refractivity contribution in [3.05, 3.63) is 68.3 Å². The molecule has 0 fully saturated rings. The average Bonchev–Trinajstić information content (AvgIpc) is 2.66. The summed E-state index contributed by atoms with van der Waals surface area (Å²) in [4.78, 5) is 29.3. The number of halogens is 6. The molecule has 0 aliphatic heterocycles. The van der Waals surface area contributed by atoms with Gasteiger partial charge in [-0.25, -0.2) is 9.37 Å². The monoisotopic (exact) mass is 461 g/mol. The Morgan fingerprint density at radius 1 is 1.23 bits per heavy atom. The number of carbonyl (C=O) groups is 1. The summed E-state index contributed by atoms with van der Waals surface area (Å²) in [6.45, 7) is 1.24. The van der Waals surface area contributed by atoms with Gasteiger partial charge in [0.25, 0.3) is 5.91 Å². The minimum Gasteiger partial charge on any atom is -0.340 e. The second-order valence-electron chi connectivity index (χ2n) is 6.29. The Hall–Kier alpha value is -2.65. The summed E-state index contributed by atoms with van der Waals surface area (Å²) < 4.78 is 54.7. The van der Waals surface area contributed by atoms with E-state index in [1.165, 1.54) is 31.2 Å². The third kappa shape index (κ3) is 4.13. The van der Waals surface area contributed by atoms with Crippen LogP contribution in [-0.4, -0.2) is 27.7 Å². The third-order valence-electron chi connectivity index (χ3n) is 4.35. The highest BCUT2D eigenvalue weighted by Crippen LogP contribution is 2.27. The van der Waals surface area contributed by atoms with Crippen molar-refractivity contribution in [2.45, 2.75) is 25.6 Å². The molecule has 0 aliphatic carbocycles. The Morgan fingerprint density at radius 3 is 2.53 bits per heavy atom. The van der Waals surface area contributed by atoms with Crippen LogP contribution in [0.25, 0.3) is 16.7 Å². The zero-order chi connectivity index (χ0) is 22.2. The summed E-state index contributed by atoms with van der Waals surface area (Å²) in [5, 5.41) is 1.55. The maximum atomic E-state index is 14.5. The van der Waals surface area contributed by atoms with Crippen molar-refractivity contribution in [2.24, 2.45) is 0 Å². The lowest BCUT2D eigenvalue weighted by molar-refractivity contribution is -0.153. The van der Waals surface area contributed by atoms with Crippen LogP contribution in [0.4, 0.5) is 17.6 Å². The number of pyridine rings is 2. The molecule has 3 aromatic rings. The zero-order valence-corrected chi connectivity index (χ0v) is 16.7. The molecule has 1 amide bonds. The van der Waals surface area contributed by atoms with Crippen molar-refractivity contribution in [3.8, 4) is 5.69 Å². The Bertz CT molecular complexity index is 1170. The van der Waals surface area contributed by atoms with Gasteiger partial charge in [-0.1, -0.05) is 36.2 Å². The fourth-order valence-corrected chi connectivity index (χ4v) is 3.28. The summed E-state index contributed by atoms with van der Waals surface area (Å²) in [5.74, 6) is -2.07. The van der Waals surface area contributed by atoms with Crippen LogP contribution in [0, 0.1) is 5.82 Å². The number of amides is 1. The number of aromatic nitrogens is 2. The van der Waals surface area contributed by atoms with Gasteiger partial charge in [0.2, 0.25) is 5.43 Å². The molecule has 1 unspecified atom stereocenters. The van der Waals surface area contributed by atoms with E-state index in [4.69, 9.17) is 23.2 Å². The SMILES string of the molecule is CCC(NC(=O)c1cn(-c2c(F)cccc2Cl)c2nc(Cl)ccc2c1=O)C(F)(F)F. The summed E-state index contributed by atoms with van der Waals surface area (Å²) in [6, 6.07) is 4.15. The zero-order valence-electron chi connectivity index (χ0n) is 15.2. The number of rotatable bonds is 4. The van der Waals surface area contributed by atoms with Gasteiger partial charge in [0.05, 0.1) is 10.4 Å². The molecule has 0 saturated heterocycles. The molecular formula is C19H13Cl2F4N3O2. The van der Waals surface area contributed by atoms with E-state index in [1.54, 1.807) is 5.32 Å². The molecule has 1 N–H and O–H groups in total. The van der Waals surface area contributed by atoms with Gasteiger partial charge in [0.15, 0.2) is 0 Å². The first-order valence-electron chi connectivity index (χ1n) is 8.58. The molecule has 2 aromatic heterocycles. The average molecular weight is 462 g/mol.